The van der Waals surface area contributed by atoms with Gasteiger partial charge >= 0.3 is 39.0 Å². The molecule has 1 N–H and O–H groups in total. The quantitative estimate of drug-likeness (QED) is 0.288. The first-order chi connectivity index (χ1) is 18.0. The third-order valence-corrected chi connectivity index (χ3v) is 8.47. The zero-order valence-electron chi connectivity index (χ0n) is 24.8. The minimum atomic E-state index is -0.976. The van der Waals surface area contributed by atoms with Crippen molar-refractivity contribution >= 4 is 43.8 Å². The summed E-state index contributed by atoms with van der Waals surface area (Å²) >= 11 is -0.976. The van der Waals surface area contributed by atoms with Crippen molar-refractivity contribution in [2.24, 2.45) is 0 Å². The summed E-state index contributed by atoms with van der Waals surface area (Å²) in [5.41, 5.74) is 7.36. The minimum absolute atomic E-state index is 0. The van der Waals surface area contributed by atoms with Crippen LogP contribution in [0.1, 0.15) is 59.1 Å². The predicted octanol–water partition coefficient (Wildman–Crippen LogP) is 6.33. The Morgan fingerprint density at radius 2 is 1.36 bits per heavy atom. The summed E-state index contributed by atoms with van der Waals surface area (Å²) < 4.78 is 2.18. The predicted molar refractivity (Wildman–Crippen MR) is 175 cm³/mol. The van der Waals surface area contributed by atoms with Crippen LogP contribution in [0.2, 0.25) is 0 Å². The van der Waals surface area contributed by atoms with E-state index in [2.05, 4.69) is 79.4 Å². The fourth-order valence-corrected chi connectivity index (χ4v) is 5.12. The summed E-state index contributed by atoms with van der Waals surface area (Å²) in [4.78, 5) is 30.6. The van der Waals surface area contributed by atoms with Gasteiger partial charge in [0.25, 0.3) is 0 Å². The van der Waals surface area contributed by atoms with Gasteiger partial charge in [0.05, 0.1) is 12.1 Å². The molecule has 39 heavy (non-hydrogen) atoms. The second kappa shape index (κ2) is 17.8. The van der Waals surface area contributed by atoms with Crippen molar-refractivity contribution < 1.29 is 9.59 Å². The first kappa shape index (κ1) is 35.2. The fourth-order valence-electron chi connectivity index (χ4n) is 5.12. The Kier molecular flexibility index (Phi) is 16.1. The summed E-state index contributed by atoms with van der Waals surface area (Å²) in [5.74, 6) is 0.720. The van der Waals surface area contributed by atoms with E-state index in [9.17, 15) is 9.59 Å². The Hall–Kier alpha value is -1.79. The number of carbonyl (C=O) groups is 2. The topological polar surface area (TPSA) is 73.2 Å². The molecule has 0 aliphatic carbocycles. The van der Waals surface area contributed by atoms with Gasteiger partial charge in [0.15, 0.2) is 11.6 Å². The van der Waals surface area contributed by atoms with Crippen molar-refractivity contribution in [3.8, 4) is 4.08 Å². The summed E-state index contributed by atoms with van der Waals surface area (Å²) in [6.07, 6.45) is 5.48. The molecule has 2 aliphatic heterocycles. The van der Waals surface area contributed by atoms with E-state index in [1.54, 1.807) is 0 Å². The molecular weight excluding hydrogens is 621 g/mol. The molecule has 4 rings (SSSR count). The number of benzene rings is 2. The Bertz CT molecular complexity index is 1080. The van der Waals surface area contributed by atoms with E-state index < -0.39 is 19.8 Å². The van der Waals surface area contributed by atoms with Crippen molar-refractivity contribution in [2.75, 3.05) is 30.0 Å². The standard InChI is InChI=1S/C15H21NO.C14H19NO.C3H6IN.ClH/c1-11-6-4-7-12(2)13(11)10-15(17)14-8-5-9-16(14)3;1-10-5-3-6-11(2)12(10)9-14(16)13-7-4-8-15-13;1-4(2)3-5;/h4,6-7,14H,5,8-10H2,1-3H3;3,5-6,13,15H,4,7-9H2,1-2H3;1-2H3;1H. The van der Waals surface area contributed by atoms with Crippen molar-refractivity contribution in [1.29, 1.82) is 5.26 Å². The maximum absolute atomic E-state index is 12.3. The normalized spacial score (nSPS) is 18.5. The number of carbonyl (C=O) groups excluding carboxylic acids is 2. The van der Waals surface area contributed by atoms with E-state index in [1.165, 1.54) is 33.4 Å². The zero-order valence-corrected chi connectivity index (χ0v) is 27.7. The van der Waals surface area contributed by atoms with Crippen LogP contribution in [0.3, 0.4) is 0 Å². The Morgan fingerprint density at radius 1 is 0.897 bits per heavy atom. The maximum Gasteiger partial charge on any atom is 0.154 e. The number of likely N-dealkylation sites (N-methyl/N-ethyl adjacent to an activating group) is 1. The van der Waals surface area contributed by atoms with Crippen molar-refractivity contribution in [3.05, 3.63) is 69.8 Å². The molecule has 7 heteroatoms. The molecule has 2 aromatic rings. The van der Waals surface area contributed by atoms with Crippen LogP contribution < -0.4 is 5.32 Å². The van der Waals surface area contributed by atoms with Gasteiger partial charge in [-0.15, -0.1) is 12.4 Å². The van der Waals surface area contributed by atoms with E-state index >= 15 is 0 Å². The first-order valence-corrected chi connectivity index (χ1v) is 18.9. The molecule has 2 unspecified atom stereocenters. The van der Waals surface area contributed by atoms with E-state index in [0.717, 1.165) is 38.8 Å². The molecule has 2 aromatic carbocycles. The van der Waals surface area contributed by atoms with E-state index in [0.29, 0.717) is 24.4 Å². The average Bonchev–Trinajstić information content (AvgIpc) is 3.57. The molecule has 0 spiro atoms. The number of nitrogens with one attached hydrogen (secondary N) is 1. The monoisotopic (exact) mass is 667 g/mol. The van der Waals surface area contributed by atoms with Crippen molar-refractivity contribution in [3.63, 3.8) is 0 Å². The number of hydrogen-bond donors (Lipinski definition) is 1. The van der Waals surface area contributed by atoms with Crippen LogP contribution in [0.5, 0.6) is 0 Å². The molecule has 2 heterocycles. The number of rotatable bonds is 6. The number of ketones is 2. The number of likely N-dealkylation sites (tertiary alicyclic amines) is 1. The molecule has 2 saturated heterocycles. The number of halogens is 2. The van der Waals surface area contributed by atoms with Gasteiger partial charge in [-0.05, 0) is 107 Å². The number of hydrogen-bond acceptors (Lipinski definition) is 5. The summed E-state index contributed by atoms with van der Waals surface area (Å²) in [6.45, 7) is 10.4. The third kappa shape index (κ3) is 11.3. The summed E-state index contributed by atoms with van der Waals surface area (Å²) in [5, 5.41) is 11.2. The fraction of sp³-hybridized carbons (Fsp3) is 0.531. The second-order valence-electron chi connectivity index (χ2n) is 10.7. The van der Waals surface area contributed by atoms with Gasteiger partial charge in [0, 0.05) is 12.8 Å². The summed E-state index contributed by atoms with van der Waals surface area (Å²) in [6, 6.07) is 12.7. The van der Waals surface area contributed by atoms with Crippen LogP contribution >= 0.6 is 32.2 Å². The van der Waals surface area contributed by atoms with E-state index in [1.807, 2.05) is 15.9 Å². The molecule has 2 fully saturated rings. The Morgan fingerprint density at radius 3 is 1.72 bits per heavy atom. The number of Topliss-reactive ketones (excluding diaryl/α,β-unsaturated/α-hetero) is 2. The second-order valence-corrected chi connectivity index (χ2v) is 15.5. The molecule has 216 valence electrons. The molecule has 2 aliphatic rings. The molecular formula is C32H47ClIN3O2. The number of nitriles is 1. The van der Waals surface area contributed by atoms with E-state index in [4.69, 9.17) is 5.26 Å². The first-order valence-electron chi connectivity index (χ1n) is 13.5. The smallest absolute Gasteiger partial charge is 0.154 e. The molecule has 0 bridgehead atoms. The molecule has 0 amide bonds. The van der Waals surface area contributed by atoms with Crippen LogP contribution in [0.4, 0.5) is 0 Å². The van der Waals surface area contributed by atoms with Gasteiger partial charge in [-0.2, -0.15) is 0 Å². The van der Waals surface area contributed by atoms with Gasteiger partial charge in [0.2, 0.25) is 0 Å². The number of nitrogens with zero attached hydrogens (tertiary/aromatic N) is 2. The van der Waals surface area contributed by atoms with Crippen molar-refractivity contribution in [2.45, 2.75) is 78.3 Å². The molecule has 5 nitrogen and oxygen atoms in total. The largest absolute Gasteiger partial charge is 0.307 e. The molecule has 2 atom stereocenters. The van der Waals surface area contributed by atoms with Gasteiger partial charge in [-0.25, -0.2) is 0 Å². The Balaban J connectivity index is 0.000000327. The van der Waals surface area contributed by atoms with Gasteiger partial charge in [-0.3, -0.25) is 14.5 Å². The number of alkyl halides is 2. The molecule has 0 radical (unpaired) electrons. The van der Waals surface area contributed by atoms with Crippen molar-refractivity contribution in [1.82, 2.24) is 10.2 Å². The maximum atomic E-state index is 12.3. The molecule has 0 aromatic heterocycles. The third-order valence-electron chi connectivity index (χ3n) is 7.50. The SMILES string of the molecule is CI(C)C#N.Cc1cccc(C)c1CC(=O)C1CCCN1.Cc1cccc(C)c1CC(=O)C1CCCN1C.Cl. The van der Waals surface area contributed by atoms with Crippen LogP contribution in [-0.4, -0.2) is 58.5 Å². The van der Waals surface area contributed by atoms with Crippen LogP contribution in [0, 0.1) is 37.0 Å². The summed E-state index contributed by atoms with van der Waals surface area (Å²) in [7, 11) is 2.06. The van der Waals surface area contributed by atoms with Crippen LogP contribution in [-0.2, 0) is 22.4 Å². The molecule has 0 saturated carbocycles. The zero-order chi connectivity index (χ0) is 28.2. The van der Waals surface area contributed by atoms with Crippen LogP contribution in [0.25, 0.3) is 0 Å². The van der Waals surface area contributed by atoms with Gasteiger partial charge in [-0.1, -0.05) is 36.4 Å². The minimum Gasteiger partial charge on any atom is -0.307 e. The number of aryl methyl sites for hydroxylation is 4. The average molecular weight is 668 g/mol. The van der Waals surface area contributed by atoms with E-state index in [-0.39, 0.29) is 24.5 Å². The van der Waals surface area contributed by atoms with Crippen LogP contribution in [0.15, 0.2) is 36.4 Å². The van der Waals surface area contributed by atoms with Gasteiger partial charge < -0.3 is 5.32 Å². The Labute approximate surface area is 249 Å². The van der Waals surface area contributed by atoms with Gasteiger partial charge in [0.1, 0.15) is 0 Å².